The van der Waals surface area contributed by atoms with Crippen molar-refractivity contribution in [1.82, 2.24) is 0 Å². The highest BCUT2D eigenvalue weighted by molar-refractivity contribution is 7.46. The molecule has 0 fully saturated rings. The third-order valence-electron chi connectivity index (χ3n) is 8.25. The molecule has 0 aliphatic carbocycles. The molecular weight excluding hydrogens is 667 g/mol. The third-order valence-corrected chi connectivity index (χ3v) is 8.74. The lowest BCUT2D eigenvalue weighted by molar-refractivity contribution is -0.161. The van der Waals surface area contributed by atoms with Gasteiger partial charge in [-0.25, -0.2) is 4.57 Å². The lowest BCUT2D eigenvalue weighted by atomic mass is 10.0. The summed E-state index contributed by atoms with van der Waals surface area (Å²) >= 11 is 0. The largest absolute Gasteiger partial charge is 0.469 e. The van der Waals surface area contributed by atoms with Gasteiger partial charge < -0.3 is 19.3 Å². The molecule has 0 aromatic rings. The molecule has 51 heavy (non-hydrogen) atoms. The van der Waals surface area contributed by atoms with Crippen molar-refractivity contribution in [2.45, 2.75) is 175 Å². The van der Waals surface area contributed by atoms with Gasteiger partial charge in [-0.1, -0.05) is 153 Å². The zero-order chi connectivity index (χ0) is 37.8. The predicted molar refractivity (Wildman–Crippen MR) is 207 cm³/mol. The average molecular weight is 739 g/mol. The van der Waals surface area contributed by atoms with Crippen molar-refractivity contribution in [2.75, 3.05) is 13.2 Å². The maximum absolute atomic E-state index is 12.4. The molecule has 0 aromatic carbocycles. The van der Waals surface area contributed by atoms with Gasteiger partial charge in [0, 0.05) is 19.3 Å². The molecule has 0 aliphatic rings. The fraction of sp³-hybridized carbons (Fsp3) is 0.732. The number of ether oxygens (including phenoxy) is 2. The van der Waals surface area contributed by atoms with Crippen molar-refractivity contribution in [2.24, 2.45) is 5.92 Å². The smallest absolute Gasteiger partial charge is 0.462 e. The number of ketones is 1. The molecule has 294 valence electrons. The first kappa shape index (κ1) is 48.7. The number of allylic oxidation sites excluding steroid dienone is 8. The van der Waals surface area contributed by atoms with E-state index in [4.69, 9.17) is 19.3 Å². The second-order valence-electron chi connectivity index (χ2n) is 13.8. The molecule has 0 amide bonds. The molecule has 10 heteroatoms. The van der Waals surface area contributed by atoms with Gasteiger partial charge >= 0.3 is 19.8 Å². The molecule has 0 rings (SSSR count). The lowest BCUT2D eigenvalue weighted by Crippen LogP contribution is -2.29. The van der Waals surface area contributed by atoms with E-state index in [1.54, 1.807) is 12.2 Å². The van der Waals surface area contributed by atoms with Crippen molar-refractivity contribution in [1.29, 1.82) is 0 Å². The van der Waals surface area contributed by atoms with Gasteiger partial charge in [0.15, 0.2) is 11.9 Å². The van der Waals surface area contributed by atoms with Gasteiger partial charge in [-0.2, -0.15) is 0 Å². The van der Waals surface area contributed by atoms with Crippen LogP contribution in [0, 0.1) is 5.92 Å². The topological polar surface area (TPSA) is 136 Å². The Morgan fingerprint density at radius 3 is 1.78 bits per heavy atom. The van der Waals surface area contributed by atoms with Crippen LogP contribution >= 0.6 is 7.82 Å². The Bertz CT molecular complexity index is 1040. The Hall–Kier alpha value is -2.32. The maximum atomic E-state index is 12.4. The summed E-state index contributed by atoms with van der Waals surface area (Å²) in [6, 6.07) is 0. The number of rotatable bonds is 35. The summed E-state index contributed by atoms with van der Waals surface area (Å²) in [5, 5.41) is 0. The number of unbranched alkanes of at least 4 members (excludes halogenated alkanes) is 14. The highest BCUT2D eigenvalue weighted by Crippen LogP contribution is 2.36. The van der Waals surface area contributed by atoms with Gasteiger partial charge in [0.25, 0.3) is 0 Å². The minimum atomic E-state index is -4.78. The van der Waals surface area contributed by atoms with E-state index in [9.17, 15) is 18.9 Å². The quantitative estimate of drug-likeness (QED) is 0.0162. The number of carbonyl (C=O) groups is 3. The number of phosphoric ester groups is 1. The molecule has 0 saturated carbocycles. The Balaban J connectivity index is 4.09. The first-order chi connectivity index (χ1) is 24.5. The summed E-state index contributed by atoms with van der Waals surface area (Å²) in [6.45, 7) is 5.79. The van der Waals surface area contributed by atoms with E-state index in [1.165, 1.54) is 57.8 Å². The summed E-state index contributed by atoms with van der Waals surface area (Å²) in [7, 11) is -4.78. The van der Waals surface area contributed by atoms with Crippen LogP contribution in [0.5, 0.6) is 0 Å². The Kier molecular flexibility index (Phi) is 33.2. The van der Waals surface area contributed by atoms with E-state index in [0.29, 0.717) is 25.7 Å². The van der Waals surface area contributed by atoms with E-state index in [2.05, 4.69) is 37.4 Å². The van der Waals surface area contributed by atoms with Gasteiger partial charge in [0.05, 0.1) is 6.61 Å². The zero-order valence-electron chi connectivity index (χ0n) is 32.2. The van der Waals surface area contributed by atoms with Crippen LogP contribution in [-0.2, 0) is 32.9 Å². The average Bonchev–Trinajstić information content (AvgIpc) is 3.07. The predicted octanol–water partition coefficient (Wildman–Crippen LogP) is 11.0. The number of hydrogen-bond donors (Lipinski definition) is 2. The maximum Gasteiger partial charge on any atom is 0.469 e. The molecule has 0 saturated heterocycles. The fourth-order valence-corrected chi connectivity index (χ4v) is 5.63. The van der Waals surface area contributed by atoms with Crippen LogP contribution in [0.2, 0.25) is 0 Å². The normalized spacial score (nSPS) is 13.0. The molecule has 0 heterocycles. The molecule has 0 spiro atoms. The molecule has 1 atom stereocenters. The summed E-state index contributed by atoms with van der Waals surface area (Å²) in [5.74, 6) is -0.0106. The Morgan fingerprint density at radius 2 is 1.18 bits per heavy atom. The first-order valence-electron chi connectivity index (χ1n) is 19.7. The minimum Gasteiger partial charge on any atom is -0.462 e. The SMILES string of the molecule is CCCCCC(=O)/C=C/C=C\C/C=C\C/C=C\CCCC(=O)OC[C@H](COP(=O)(O)O)OC(=O)CCCCCCCCCCCCCCC(C)C. The molecule has 9 nitrogen and oxygen atoms in total. The van der Waals surface area contributed by atoms with E-state index >= 15 is 0 Å². The molecule has 0 aromatic heterocycles. The summed E-state index contributed by atoms with van der Waals surface area (Å²) < 4.78 is 26.3. The summed E-state index contributed by atoms with van der Waals surface area (Å²) in [5.41, 5.74) is 0. The molecule has 0 radical (unpaired) electrons. The minimum absolute atomic E-state index is 0.165. The van der Waals surface area contributed by atoms with Crippen molar-refractivity contribution < 1.29 is 42.7 Å². The van der Waals surface area contributed by atoms with Crippen molar-refractivity contribution in [3.63, 3.8) is 0 Å². The Labute approximate surface area is 310 Å². The van der Waals surface area contributed by atoms with Crippen LogP contribution in [0.4, 0.5) is 0 Å². The van der Waals surface area contributed by atoms with Gasteiger partial charge in [0.2, 0.25) is 0 Å². The molecule has 0 aliphatic heterocycles. The number of hydrogen-bond acceptors (Lipinski definition) is 7. The van der Waals surface area contributed by atoms with Gasteiger partial charge in [-0.15, -0.1) is 0 Å². The first-order valence-corrected chi connectivity index (χ1v) is 21.3. The molecule has 2 N–H and O–H groups in total. The molecule has 0 unspecified atom stereocenters. The van der Waals surface area contributed by atoms with Crippen molar-refractivity contribution in [3.05, 3.63) is 48.6 Å². The highest BCUT2D eigenvalue weighted by atomic mass is 31.2. The number of esters is 2. The Morgan fingerprint density at radius 1 is 0.627 bits per heavy atom. The van der Waals surface area contributed by atoms with Crippen LogP contribution in [0.25, 0.3) is 0 Å². The van der Waals surface area contributed by atoms with Crippen LogP contribution in [-0.4, -0.2) is 46.8 Å². The molecular formula is C41H71O9P. The van der Waals surface area contributed by atoms with Gasteiger partial charge in [0.1, 0.15) is 6.61 Å². The van der Waals surface area contributed by atoms with Crippen molar-refractivity contribution >= 4 is 25.5 Å². The summed E-state index contributed by atoms with van der Waals surface area (Å²) in [6.07, 6.45) is 36.8. The second kappa shape index (κ2) is 34.7. The van der Waals surface area contributed by atoms with E-state index < -0.39 is 32.5 Å². The fourth-order valence-electron chi connectivity index (χ4n) is 5.27. The third kappa shape index (κ3) is 38.7. The van der Waals surface area contributed by atoms with E-state index in [0.717, 1.165) is 57.3 Å². The monoisotopic (exact) mass is 738 g/mol. The van der Waals surface area contributed by atoms with E-state index in [-0.39, 0.29) is 25.2 Å². The number of carbonyl (C=O) groups excluding carboxylic acids is 3. The standard InChI is InChI=1S/C41H71O9P/c1-4-5-25-31-38(42)32-27-22-18-14-10-8-12-15-19-23-28-33-40(43)48-35-39(36-49-51(45,46)47)50-41(44)34-29-24-20-16-11-7-6-9-13-17-21-26-30-37(2)3/h8,10,15,18-19,22,27,32,37,39H,4-7,9,11-14,16-17,20-21,23-26,28-31,33-36H2,1-3H3,(H2,45,46,47)/b10-8-,19-15-,22-18-,32-27+/t39-/m1/s1. The molecule has 0 bridgehead atoms. The van der Waals surface area contributed by atoms with Crippen LogP contribution in [0.1, 0.15) is 168 Å². The van der Waals surface area contributed by atoms with Gasteiger partial charge in [-0.05, 0) is 50.5 Å². The van der Waals surface area contributed by atoms with Crippen molar-refractivity contribution in [3.8, 4) is 0 Å². The lowest BCUT2D eigenvalue weighted by Gasteiger charge is -2.18. The number of phosphoric acid groups is 1. The van der Waals surface area contributed by atoms with Crippen LogP contribution in [0.15, 0.2) is 48.6 Å². The highest BCUT2D eigenvalue weighted by Gasteiger charge is 2.22. The van der Waals surface area contributed by atoms with E-state index in [1.807, 2.05) is 24.3 Å². The summed E-state index contributed by atoms with van der Waals surface area (Å²) in [4.78, 5) is 54.4. The van der Waals surface area contributed by atoms with Crippen LogP contribution in [0.3, 0.4) is 0 Å². The van der Waals surface area contributed by atoms with Crippen LogP contribution < -0.4 is 0 Å². The van der Waals surface area contributed by atoms with Gasteiger partial charge in [-0.3, -0.25) is 18.9 Å². The zero-order valence-corrected chi connectivity index (χ0v) is 33.0. The second-order valence-corrected chi connectivity index (χ2v) is 15.0.